The minimum Gasteiger partial charge on any atom is -0.484 e. The number of benzene rings is 1. The Hall–Kier alpha value is -4.27. The molecule has 9 nitrogen and oxygen atoms in total. The zero-order valence-electron chi connectivity index (χ0n) is 20.8. The molecule has 3 aromatic heterocycles. The Morgan fingerprint density at radius 3 is 2.70 bits per heavy atom. The second-order valence-electron chi connectivity index (χ2n) is 9.52. The Labute approximate surface area is 214 Å². The molecule has 9 heteroatoms. The number of rotatable bonds is 5. The molecule has 1 aliphatic carbocycles. The van der Waals surface area contributed by atoms with E-state index >= 15 is 0 Å². The molecule has 1 aliphatic heterocycles. The molecule has 6 rings (SSSR count). The maximum atomic E-state index is 12.7. The van der Waals surface area contributed by atoms with Gasteiger partial charge in [-0.15, -0.1) is 0 Å². The summed E-state index contributed by atoms with van der Waals surface area (Å²) in [7, 11) is 0. The van der Waals surface area contributed by atoms with Gasteiger partial charge in [0.05, 0.1) is 16.8 Å². The maximum absolute atomic E-state index is 12.7. The summed E-state index contributed by atoms with van der Waals surface area (Å²) >= 11 is 0. The maximum Gasteiger partial charge on any atom is 0.257 e. The van der Waals surface area contributed by atoms with Gasteiger partial charge in [0.25, 0.3) is 11.8 Å². The molecule has 2 atom stereocenters. The molecule has 188 valence electrons. The number of nitrogens with zero attached hydrogens (tertiary/aromatic N) is 4. The molecule has 1 fully saturated rings. The normalized spacial score (nSPS) is 18.5. The number of amides is 1. The summed E-state index contributed by atoms with van der Waals surface area (Å²) in [5.41, 5.74) is 5.06. The number of ether oxygens (including phenoxy) is 2. The van der Waals surface area contributed by atoms with Crippen LogP contribution in [0.25, 0.3) is 22.0 Å². The number of carbonyl (C=O) groups is 1. The molecule has 0 radical (unpaired) electrons. The van der Waals surface area contributed by atoms with Gasteiger partial charge in [-0.1, -0.05) is 6.07 Å². The number of carbonyl (C=O) groups excluding carboxylic acids is 1. The molecular weight excluding hydrogens is 468 g/mol. The molecule has 4 aromatic rings. The van der Waals surface area contributed by atoms with Crippen molar-refractivity contribution >= 4 is 22.8 Å². The van der Waals surface area contributed by atoms with E-state index in [9.17, 15) is 4.79 Å². The second-order valence-corrected chi connectivity index (χ2v) is 9.52. The van der Waals surface area contributed by atoms with Gasteiger partial charge in [0, 0.05) is 41.1 Å². The third kappa shape index (κ3) is 4.64. The van der Waals surface area contributed by atoms with Gasteiger partial charge in [-0.05, 0) is 69.0 Å². The third-order valence-corrected chi connectivity index (χ3v) is 6.99. The fourth-order valence-electron chi connectivity index (χ4n) is 5.11. The van der Waals surface area contributed by atoms with E-state index in [4.69, 9.17) is 19.4 Å². The first-order valence-corrected chi connectivity index (χ1v) is 12.6. The summed E-state index contributed by atoms with van der Waals surface area (Å²) in [6, 6.07) is 12.0. The number of anilines is 1. The van der Waals surface area contributed by atoms with Gasteiger partial charge >= 0.3 is 0 Å². The van der Waals surface area contributed by atoms with Gasteiger partial charge in [-0.2, -0.15) is 0 Å². The first kappa shape index (κ1) is 23.1. The summed E-state index contributed by atoms with van der Waals surface area (Å²) in [6.45, 7) is 4.85. The fourth-order valence-corrected chi connectivity index (χ4v) is 5.11. The van der Waals surface area contributed by atoms with E-state index in [0.717, 1.165) is 52.7 Å². The van der Waals surface area contributed by atoms with Crippen LogP contribution in [-0.2, 0) is 0 Å². The lowest BCUT2D eigenvalue weighted by molar-refractivity contribution is 0.0936. The Kier molecular flexibility index (Phi) is 6.04. The van der Waals surface area contributed by atoms with E-state index < -0.39 is 0 Å². The van der Waals surface area contributed by atoms with E-state index in [1.54, 1.807) is 18.5 Å². The highest BCUT2D eigenvalue weighted by molar-refractivity contribution is 5.95. The summed E-state index contributed by atoms with van der Waals surface area (Å²) in [5, 5.41) is 7.62. The molecule has 4 heterocycles. The quantitative estimate of drug-likeness (QED) is 0.422. The topological polar surface area (TPSA) is 111 Å². The fraction of sp³-hybridized carbons (Fsp3) is 0.321. The SMILES string of the molecule is Cc1ncccc1C(=O)N[C@H]1CC[C@@H](Nc2nc(C)c3cc(-c4ccnc5c4OCCO5)ccc3n2)C1. The first-order chi connectivity index (χ1) is 18.0. The van der Waals surface area contributed by atoms with Crippen LogP contribution < -0.4 is 20.1 Å². The highest BCUT2D eigenvalue weighted by Gasteiger charge is 2.27. The van der Waals surface area contributed by atoms with Gasteiger partial charge in [0.15, 0.2) is 5.75 Å². The third-order valence-electron chi connectivity index (χ3n) is 6.99. The molecule has 1 aromatic carbocycles. The van der Waals surface area contributed by atoms with Crippen LogP contribution in [0, 0.1) is 13.8 Å². The predicted molar refractivity (Wildman–Crippen MR) is 140 cm³/mol. The monoisotopic (exact) mass is 496 g/mol. The standard InChI is InChI=1S/C28H28N6O3/c1-16-21(4-3-10-29-16)26(35)32-19-6-7-20(15-19)33-28-31-17(2)23-14-18(5-8-24(23)34-28)22-9-11-30-27-25(22)36-12-13-37-27/h3-5,8-11,14,19-20H,6-7,12-13,15H2,1-2H3,(H,32,35)(H,31,33,34)/t19-,20+/m0/s1. The Balaban J connectivity index is 1.16. The Morgan fingerprint density at radius 2 is 1.81 bits per heavy atom. The summed E-state index contributed by atoms with van der Waals surface area (Å²) in [5.74, 6) is 1.73. The van der Waals surface area contributed by atoms with E-state index in [2.05, 4.69) is 26.7 Å². The van der Waals surface area contributed by atoms with Crippen LogP contribution in [0.5, 0.6) is 11.6 Å². The number of pyridine rings is 2. The largest absolute Gasteiger partial charge is 0.484 e. The van der Waals surface area contributed by atoms with Gasteiger partial charge < -0.3 is 20.1 Å². The van der Waals surface area contributed by atoms with Crippen LogP contribution in [-0.4, -0.2) is 51.1 Å². The van der Waals surface area contributed by atoms with Crippen molar-refractivity contribution in [3.8, 4) is 22.8 Å². The molecule has 2 aliphatic rings. The minimum absolute atomic E-state index is 0.0720. The molecule has 0 unspecified atom stereocenters. The molecule has 1 saturated carbocycles. The first-order valence-electron chi connectivity index (χ1n) is 12.6. The lowest BCUT2D eigenvalue weighted by Gasteiger charge is -2.20. The summed E-state index contributed by atoms with van der Waals surface area (Å²) in [4.78, 5) is 30.7. The number of nitrogens with one attached hydrogen (secondary N) is 2. The molecule has 0 spiro atoms. The number of aromatic nitrogens is 4. The van der Waals surface area contributed by atoms with Crippen LogP contribution >= 0.6 is 0 Å². The molecule has 1 amide bonds. The van der Waals surface area contributed by atoms with Gasteiger partial charge in [0.2, 0.25) is 5.95 Å². The molecule has 0 bridgehead atoms. The highest BCUT2D eigenvalue weighted by Crippen LogP contribution is 2.39. The van der Waals surface area contributed by atoms with E-state index in [-0.39, 0.29) is 18.0 Å². The van der Waals surface area contributed by atoms with Crippen molar-refractivity contribution in [2.75, 3.05) is 18.5 Å². The van der Waals surface area contributed by atoms with Crippen molar-refractivity contribution in [1.29, 1.82) is 0 Å². The number of aryl methyl sites for hydroxylation is 2. The lowest BCUT2D eigenvalue weighted by atomic mass is 10.0. The van der Waals surface area contributed by atoms with Crippen molar-refractivity contribution in [3.63, 3.8) is 0 Å². The summed E-state index contributed by atoms with van der Waals surface area (Å²) in [6.07, 6.45) is 6.09. The molecular formula is C28H28N6O3. The average molecular weight is 497 g/mol. The van der Waals surface area contributed by atoms with Crippen LogP contribution in [0.1, 0.15) is 41.0 Å². The van der Waals surface area contributed by atoms with Gasteiger partial charge in [0.1, 0.15) is 13.2 Å². The Morgan fingerprint density at radius 1 is 0.946 bits per heavy atom. The Bertz CT molecular complexity index is 1490. The van der Waals surface area contributed by atoms with E-state index in [0.29, 0.717) is 36.4 Å². The lowest BCUT2D eigenvalue weighted by Crippen LogP contribution is -2.34. The smallest absolute Gasteiger partial charge is 0.257 e. The van der Waals surface area contributed by atoms with Crippen LogP contribution in [0.2, 0.25) is 0 Å². The van der Waals surface area contributed by atoms with E-state index in [1.165, 1.54) is 0 Å². The van der Waals surface area contributed by atoms with Gasteiger partial charge in [-0.25, -0.2) is 15.0 Å². The predicted octanol–water partition coefficient (Wildman–Crippen LogP) is 4.24. The van der Waals surface area contributed by atoms with Crippen molar-refractivity contribution in [1.82, 2.24) is 25.3 Å². The molecule has 37 heavy (non-hydrogen) atoms. The molecule has 2 N–H and O–H groups in total. The molecule has 0 saturated heterocycles. The van der Waals surface area contributed by atoms with Crippen molar-refractivity contribution in [3.05, 3.63) is 65.7 Å². The van der Waals surface area contributed by atoms with Crippen LogP contribution in [0.4, 0.5) is 5.95 Å². The summed E-state index contributed by atoms with van der Waals surface area (Å²) < 4.78 is 11.5. The number of hydrogen-bond acceptors (Lipinski definition) is 8. The number of fused-ring (bicyclic) bond motifs is 2. The van der Waals surface area contributed by atoms with Crippen LogP contribution in [0.15, 0.2) is 48.8 Å². The second kappa shape index (κ2) is 9.65. The zero-order valence-corrected chi connectivity index (χ0v) is 20.8. The van der Waals surface area contributed by atoms with Crippen molar-refractivity contribution in [2.24, 2.45) is 0 Å². The minimum atomic E-state index is -0.0720. The number of hydrogen-bond donors (Lipinski definition) is 2. The van der Waals surface area contributed by atoms with Crippen LogP contribution in [0.3, 0.4) is 0 Å². The van der Waals surface area contributed by atoms with Crippen molar-refractivity contribution in [2.45, 2.75) is 45.2 Å². The average Bonchev–Trinajstić information content (AvgIpc) is 3.35. The van der Waals surface area contributed by atoms with Gasteiger partial charge in [-0.3, -0.25) is 9.78 Å². The zero-order chi connectivity index (χ0) is 25.4. The van der Waals surface area contributed by atoms with E-state index in [1.807, 2.05) is 38.1 Å². The highest BCUT2D eigenvalue weighted by atomic mass is 16.6. The van der Waals surface area contributed by atoms with Crippen molar-refractivity contribution < 1.29 is 14.3 Å².